The van der Waals surface area contributed by atoms with Crippen molar-refractivity contribution in [2.24, 2.45) is 0 Å². The molecule has 1 radical (unpaired) electrons. The van der Waals surface area contributed by atoms with Gasteiger partial charge in [0.1, 0.15) is 0 Å². The van der Waals surface area contributed by atoms with Gasteiger partial charge in [0.05, 0.1) is 0 Å². The van der Waals surface area contributed by atoms with E-state index in [1.54, 1.807) is 16.8 Å². The molecular formula is C12H16NO2SY-. The fourth-order valence-corrected chi connectivity index (χ4v) is 3.63. The van der Waals surface area contributed by atoms with Crippen LogP contribution >= 0.6 is 11.3 Å². The van der Waals surface area contributed by atoms with Crippen LogP contribution in [-0.4, -0.2) is 11.1 Å². The molecule has 2 rings (SSSR count). The van der Waals surface area contributed by atoms with E-state index in [0.717, 1.165) is 4.88 Å². The van der Waals surface area contributed by atoms with Crippen LogP contribution in [0.4, 0.5) is 0 Å². The minimum Gasteiger partial charge on any atom is -0.289 e. The van der Waals surface area contributed by atoms with E-state index < -0.39 is 0 Å². The van der Waals surface area contributed by atoms with Crippen LogP contribution in [0.1, 0.15) is 46.9 Å². The number of thiophene rings is 1. The van der Waals surface area contributed by atoms with Crippen LogP contribution in [0.2, 0.25) is 0 Å². The Labute approximate surface area is 131 Å². The van der Waals surface area contributed by atoms with E-state index in [0.29, 0.717) is 5.92 Å². The number of nitrogens with one attached hydrogen (secondary N) is 1. The van der Waals surface area contributed by atoms with Crippen molar-refractivity contribution < 1.29 is 42.7 Å². The van der Waals surface area contributed by atoms with Gasteiger partial charge in [-0.3, -0.25) is 21.3 Å². The molecule has 1 aliphatic carbocycles. The van der Waals surface area contributed by atoms with E-state index >= 15 is 0 Å². The summed E-state index contributed by atoms with van der Waals surface area (Å²) in [7, 11) is 0. The fourth-order valence-electron chi connectivity index (χ4n) is 2.35. The third-order valence-electron chi connectivity index (χ3n) is 3.10. The Balaban J connectivity index is 0.00000144. The molecule has 5 heteroatoms. The Kier molecular flexibility index (Phi) is 6.28. The van der Waals surface area contributed by atoms with Gasteiger partial charge >= 0.3 is 0 Å². The zero-order valence-electron chi connectivity index (χ0n) is 9.95. The molecule has 3 nitrogen and oxygen atoms in total. The summed E-state index contributed by atoms with van der Waals surface area (Å²) in [5.41, 5.74) is 2.84. The van der Waals surface area contributed by atoms with Crippen LogP contribution in [0.5, 0.6) is 0 Å². The average molecular weight is 327 g/mol. The van der Waals surface area contributed by atoms with E-state index in [1.807, 2.05) is 0 Å². The first-order valence-corrected chi connectivity index (χ1v) is 6.46. The molecule has 2 N–H and O–H groups in total. The number of carbonyl (C=O) groups excluding carboxylic acids is 1. The number of hydrogen-bond acceptors (Lipinski definition) is 3. The molecule has 1 heterocycles. The van der Waals surface area contributed by atoms with Gasteiger partial charge in [-0.1, -0.05) is 43.4 Å². The molecule has 0 aliphatic heterocycles. The summed E-state index contributed by atoms with van der Waals surface area (Å²) < 4.78 is 0. The van der Waals surface area contributed by atoms with Gasteiger partial charge in [0.2, 0.25) is 5.91 Å². The maximum Gasteiger partial charge on any atom is 0.246 e. The van der Waals surface area contributed by atoms with E-state index in [2.05, 4.69) is 13.0 Å². The maximum atomic E-state index is 11.0. The zero-order chi connectivity index (χ0) is 11.5. The molecule has 0 bridgehead atoms. The predicted molar refractivity (Wildman–Crippen MR) is 62.7 cm³/mol. The van der Waals surface area contributed by atoms with Crippen molar-refractivity contribution in [3.63, 3.8) is 0 Å². The standard InChI is InChI=1S/C12H16NO2S.Y/c1-8-6-10(7-11(14)13-15)16-12(8)9-4-2-3-5-9;/h9,15H,2-5,7H2,1H3,(H,13,14);/q-1;. The Morgan fingerprint density at radius 1 is 1.53 bits per heavy atom. The second-order valence-corrected chi connectivity index (χ2v) is 5.47. The van der Waals surface area contributed by atoms with Crippen LogP contribution in [0.3, 0.4) is 0 Å². The van der Waals surface area contributed by atoms with Crippen LogP contribution in [0.15, 0.2) is 0 Å². The van der Waals surface area contributed by atoms with Crippen molar-refractivity contribution in [2.75, 3.05) is 0 Å². The quantitative estimate of drug-likeness (QED) is 0.509. The monoisotopic (exact) mass is 327 g/mol. The second-order valence-electron chi connectivity index (χ2n) is 4.33. The second kappa shape index (κ2) is 6.98. The van der Waals surface area contributed by atoms with Crippen molar-refractivity contribution in [1.82, 2.24) is 5.48 Å². The first-order valence-electron chi connectivity index (χ1n) is 5.65. The molecule has 0 aromatic carbocycles. The summed E-state index contributed by atoms with van der Waals surface area (Å²) in [6.45, 7) is 2.06. The Bertz CT molecular complexity index is 386. The number of carbonyl (C=O) groups is 1. The Hall–Kier alpha value is 0.234. The topological polar surface area (TPSA) is 49.3 Å². The molecule has 0 atom stereocenters. The van der Waals surface area contributed by atoms with Gasteiger partial charge in [0, 0.05) is 39.1 Å². The van der Waals surface area contributed by atoms with E-state index in [9.17, 15) is 4.79 Å². The molecule has 0 saturated heterocycles. The SMILES string of the molecule is Cc1[c-]c(CC(=O)NO)sc1C1CCCC1.[Y]. The van der Waals surface area contributed by atoms with E-state index in [4.69, 9.17) is 5.21 Å². The predicted octanol–water partition coefficient (Wildman–Crippen LogP) is 2.56. The maximum absolute atomic E-state index is 11.0. The van der Waals surface area contributed by atoms with Gasteiger partial charge in [-0.15, -0.1) is 4.88 Å². The third kappa shape index (κ3) is 3.85. The number of hydrogen-bond donors (Lipinski definition) is 2. The summed E-state index contributed by atoms with van der Waals surface area (Å²) in [6, 6.07) is 3.23. The fraction of sp³-hybridized carbons (Fsp3) is 0.583. The molecule has 91 valence electrons. The molecule has 1 aromatic heterocycles. The molecule has 1 aromatic rings. The van der Waals surface area contributed by atoms with Crippen molar-refractivity contribution in [3.05, 3.63) is 21.4 Å². The first-order chi connectivity index (χ1) is 7.70. The minimum absolute atomic E-state index is 0. The largest absolute Gasteiger partial charge is 0.289 e. The first kappa shape index (κ1) is 15.3. The smallest absolute Gasteiger partial charge is 0.246 e. The summed E-state index contributed by atoms with van der Waals surface area (Å²) >= 11 is 1.67. The van der Waals surface area contributed by atoms with Gasteiger partial charge in [-0.25, -0.2) is 17.1 Å². The average Bonchev–Trinajstić information content (AvgIpc) is 2.87. The van der Waals surface area contributed by atoms with Crippen molar-refractivity contribution in [2.45, 2.75) is 44.9 Å². The van der Waals surface area contributed by atoms with Gasteiger partial charge in [-0.05, 0) is 0 Å². The Morgan fingerprint density at radius 2 is 2.18 bits per heavy atom. The number of amides is 1. The number of hydroxylamine groups is 1. The van der Waals surface area contributed by atoms with E-state index in [-0.39, 0.29) is 45.0 Å². The molecular weight excluding hydrogens is 311 g/mol. The molecule has 1 saturated carbocycles. The van der Waals surface area contributed by atoms with Crippen molar-refractivity contribution in [3.8, 4) is 0 Å². The summed E-state index contributed by atoms with van der Waals surface area (Å²) in [6.07, 6.45) is 5.39. The summed E-state index contributed by atoms with van der Waals surface area (Å²) in [4.78, 5) is 13.4. The summed E-state index contributed by atoms with van der Waals surface area (Å²) in [5, 5.41) is 8.47. The molecule has 1 fully saturated rings. The number of rotatable bonds is 3. The molecule has 17 heavy (non-hydrogen) atoms. The van der Waals surface area contributed by atoms with Gasteiger partial charge in [-0.2, -0.15) is 0 Å². The normalized spacial score (nSPS) is 15.6. The Morgan fingerprint density at radius 3 is 2.76 bits per heavy atom. The van der Waals surface area contributed by atoms with E-state index in [1.165, 1.54) is 36.1 Å². The minimum atomic E-state index is -0.365. The molecule has 1 amide bonds. The van der Waals surface area contributed by atoms with Crippen LogP contribution in [-0.2, 0) is 43.9 Å². The van der Waals surface area contributed by atoms with Crippen molar-refractivity contribution in [1.29, 1.82) is 0 Å². The van der Waals surface area contributed by atoms with Gasteiger partial charge in [0.25, 0.3) is 0 Å². The molecule has 0 unspecified atom stereocenters. The van der Waals surface area contributed by atoms with Crippen LogP contribution in [0.25, 0.3) is 0 Å². The number of aryl methyl sites for hydroxylation is 1. The van der Waals surface area contributed by atoms with Crippen molar-refractivity contribution >= 4 is 17.2 Å². The zero-order valence-corrected chi connectivity index (χ0v) is 13.6. The third-order valence-corrected chi connectivity index (χ3v) is 4.45. The van der Waals surface area contributed by atoms with Gasteiger partial charge in [0.15, 0.2) is 0 Å². The van der Waals surface area contributed by atoms with Crippen LogP contribution in [0, 0.1) is 13.0 Å². The molecule has 0 spiro atoms. The summed E-state index contributed by atoms with van der Waals surface area (Å²) in [5.74, 6) is 0.308. The molecule has 1 aliphatic rings. The van der Waals surface area contributed by atoms with Crippen LogP contribution < -0.4 is 5.48 Å². The van der Waals surface area contributed by atoms with Gasteiger partial charge < -0.3 is 0 Å².